The molecule has 88 valence electrons. The van der Waals surface area contributed by atoms with Crippen LogP contribution in [0.3, 0.4) is 0 Å². The predicted octanol–water partition coefficient (Wildman–Crippen LogP) is 2.51. The first-order valence-electron chi connectivity index (χ1n) is 5.20. The average Bonchev–Trinajstić information content (AvgIpc) is 2.14. The fourth-order valence-electron chi connectivity index (χ4n) is 1.35. The maximum Gasteiger partial charge on any atom is 0.409 e. The van der Waals surface area contributed by atoms with E-state index in [4.69, 9.17) is 4.74 Å². The molecule has 0 aromatic rings. The van der Waals surface area contributed by atoms with Crippen LogP contribution in [-0.4, -0.2) is 36.6 Å². The summed E-state index contributed by atoms with van der Waals surface area (Å²) >= 11 is 0. The van der Waals surface area contributed by atoms with Crippen LogP contribution in [-0.2, 0) is 4.74 Å². The first-order valence-corrected chi connectivity index (χ1v) is 5.20. The number of likely N-dealkylation sites (tertiary alicyclic amines) is 1. The number of halogens is 2. The van der Waals surface area contributed by atoms with E-state index in [2.05, 4.69) is 0 Å². The molecule has 3 nitrogen and oxygen atoms in total. The third kappa shape index (κ3) is 4.01. The van der Waals surface area contributed by atoms with Gasteiger partial charge in [0.25, 0.3) is 5.92 Å². The molecule has 0 bridgehead atoms. The molecule has 0 aliphatic carbocycles. The minimum Gasteiger partial charge on any atom is -0.449 e. The molecule has 0 saturated carbocycles. The van der Waals surface area contributed by atoms with E-state index in [1.54, 1.807) is 0 Å². The van der Waals surface area contributed by atoms with Gasteiger partial charge in [0.05, 0.1) is 6.61 Å². The maximum atomic E-state index is 12.8. The van der Waals surface area contributed by atoms with E-state index in [0.29, 0.717) is 6.61 Å². The topological polar surface area (TPSA) is 29.5 Å². The highest BCUT2D eigenvalue weighted by molar-refractivity contribution is 5.67. The van der Waals surface area contributed by atoms with Crippen molar-refractivity contribution in [2.45, 2.75) is 32.6 Å². The molecule has 5 heteroatoms. The van der Waals surface area contributed by atoms with Crippen LogP contribution < -0.4 is 0 Å². The van der Waals surface area contributed by atoms with Crippen LogP contribution in [0.15, 0.2) is 0 Å². The van der Waals surface area contributed by atoms with Crippen molar-refractivity contribution >= 4 is 6.09 Å². The van der Waals surface area contributed by atoms with Gasteiger partial charge in [-0.25, -0.2) is 13.6 Å². The number of nitrogens with zero attached hydrogens (tertiary/aromatic N) is 1. The second-order valence-electron chi connectivity index (χ2n) is 4.31. The van der Waals surface area contributed by atoms with Gasteiger partial charge in [0.2, 0.25) is 0 Å². The zero-order valence-electron chi connectivity index (χ0n) is 9.13. The second-order valence-corrected chi connectivity index (χ2v) is 4.31. The summed E-state index contributed by atoms with van der Waals surface area (Å²) in [6, 6.07) is 0. The Kier molecular flexibility index (Phi) is 3.88. The van der Waals surface area contributed by atoms with Crippen molar-refractivity contribution in [3.8, 4) is 0 Å². The third-order valence-corrected chi connectivity index (χ3v) is 2.29. The normalized spacial score (nSPS) is 20.5. The molecule has 0 aromatic carbocycles. The van der Waals surface area contributed by atoms with Gasteiger partial charge >= 0.3 is 6.09 Å². The number of carbonyl (C=O) groups excluding carboxylic acids is 1. The molecule has 1 saturated heterocycles. The van der Waals surface area contributed by atoms with E-state index < -0.39 is 12.0 Å². The van der Waals surface area contributed by atoms with Gasteiger partial charge in [-0.3, -0.25) is 0 Å². The third-order valence-electron chi connectivity index (χ3n) is 2.29. The molecule has 1 amide bonds. The lowest BCUT2D eigenvalue weighted by Gasteiger charge is -2.31. The molecule has 15 heavy (non-hydrogen) atoms. The van der Waals surface area contributed by atoms with E-state index in [-0.39, 0.29) is 31.8 Å². The summed E-state index contributed by atoms with van der Waals surface area (Å²) in [5, 5.41) is 0. The predicted molar refractivity (Wildman–Crippen MR) is 51.9 cm³/mol. The van der Waals surface area contributed by atoms with Gasteiger partial charge in [-0.15, -0.1) is 0 Å². The first kappa shape index (κ1) is 12.2. The summed E-state index contributed by atoms with van der Waals surface area (Å²) in [6.45, 7) is 4.37. The molecule has 0 atom stereocenters. The smallest absolute Gasteiger partial charge is 0.409 e. The Morgan fingerprint density at radius 1 is 1.40 bits per heavy atom. The van der Waals surface area contributed by atoms with Gasteiger partial charge in [-0.05, 0) is 5.92 Å². The molecule has 0 radical (unpaired) electrons. The van der Waals surface area contributed by atoms with Crippen LogP contribution in [0.1, 0.15) is 26.7 Å². The standard InChI is InChI=1S/C10H17F2NO2/c1-8(2)7-15-9(14)13-5-3-10(11,12)4-6-13/h8H,3-7H2,1-2H3. The van der Waals surface area contributed by atoms with Crippen molar-refractivity contribution in [1.82, 2.24) is 4.90 Å². The van der Waals surface area contributed by atoms with Crippen molar-refractivity contribution in [3.05, 3.63) is 0 Å². The van der Waals surface area contributed by atoms with E-state index >= 15 is 0 Å². The monoisotopic (exact) mass is 221 g/mol. The van der Waals surface area contributed by atoms with E-state index in [1.165, 1.54) is 4.90 Å². The Bertz CT molecular complexity index is 221. The Morgan fingerprint density at radius 2 is 1.93 bits per heavy atom. The Labute approximate surface area is 88.4 Å². The van der Waals surface area contributed by atoms with Crippen LogP contribution in [0.2, 0.25) is 0 Å². The summed E-state index contributed by atoms with van der Waals surface area (Å²) in [7, 11) is 0. The quantitative estimate of drug-likeness (QED) is 0.717. The molecule has 1 aliphatic heterocycles. The molecule has 1 heterocycles. The highest BCUT2D eigenvalue weighted by Gasteiger charge is 2.36. The van der Waals surface area contributed by atoms with E-state index in [1.807, 2.05) is 13.8 Å². The molecule has 1 fully saturated rings. The second kappa shape index (κ2) is 4.77. The lowest BCUT2D eigenvalue weighted by molar-refractivity contribution is -0.0530. The average molecular weight is 221 g/mol. The van der Waals surface area contributed by atoms with Crippen LogP contribution in [0, 0.1) is 5.92 Å². The van der Waals surface area contributed by atoms with Crippen molar-refractivity contribution in [2.75, 3.05) is 19.7 Å². The minimum atomic E-state index is -2.62. The number of carbonyl (C=O) groups is 1. The van der Waals surface area contributed by atoms with Crippen LogP contribution in [0.4, 0.5) is 13.6 Å². The molecule has 0 unspecified atom stereocenters. The molecule has 0 aromatic heterocycles. The molecule has 1 rings (SSSR count). The highest BCUT2D eigenvalue weighted by Crippen LogP contribution is 2.27. The molecular weight excluding hydrogens is 204 g/mol. The van der Waals surface area contributed by atoms with Crippen molar-refractivity contribution < 1.29 is 18.3 Å². The fraction of sp³-hybridized carbons (Fsp3) is 0.900. The summed E-state index contributed by atoms with van der Waals surface area (Å²) < 4.78 is 30.5. The zero-order chi connectivity index (χ0) is 11.5. The van der Waals surface area contributed by atoms with E-state index in [0.717, 1.165) is 0 Å². The van der Waals surface area contributed by atoms with Gasteiger partial charge in [-0.1, -0.05) is 13.8 Å². The maximum absolute atomic E-state index is 12.8. The summed E-state index contributed by atoms with van der Waals surface area (Å²) in [5.74, 6) is -2.35. The Morgan fingerprint density at radius 3 is 2.40 bits per heavy atom. The van der Waals surface area contributed by atoms with Crippen molar-refractivity contribution in [2.24, 2.45) is 5.92 Å². The van der Waals surface area contributed by atoms with Crippen LogP contribution in [0.25, 0.3) is 0 Å². The lowest BCUT2D eigenvalue weighted by Crippen LogP contribution is -2.43. The minimum absolute atomic E-state index is 0.0872. The van der Waals surface area contributed by atoms with Gasteiger partial charge in [0, 0.05) is 25.9 Å². The first-order chi connectivity index (χ1) is 6.91. The molecule has 0 spiro atoms. The van der Waals surface area contributed by atoms with Gasteiger partial charge < -0.3 is 9.64 Å². The zero-order valence-corrected chi connectivity index (χ0v) is 9.13. The van der Waals surface area contributed by atoms with Crippen molar-refractivity contribution in [3.63, 3.8) is 0 Å². The largest absolute Gasteiger partial charge is 0.449 e. The molecule has 1 aliphatic rings. The van der Waals surface area contributed by atoms with Crippen LogP contribution >= 0.6 is 0 Å². The van der Waals surface area contributed by atoms with E-state index in [9.17, 15) is 13.6 Å². The number of hydrogen-bond acceptors (Lipinski definition) is 2. The van der Waals surface area contributed by atoms with Gasteiger partial charge in [0.15, 0.2) is 0 Å². The SMILES string of the molecule is CC(C)COC(=O)N1CCC(F)(F)CC1. The number of hydrogen-bond donors (Lipinski definition) is 0. The van der Waals surface area contributed by atoms with Gasteiger partial charge in [-0.2, -0.15) is 0 Å². The summed E-state index contributed by atoms with van der Waals surface area (Å²) in [4.78, 5) is 12.7. The van der Waals surface area contributed by atoms with Crippen LogP contribution in [0.5, 0.6) is 0 Å². The lowest BCUT2D eigenvalue weighted by atomic mass is 10.1. The Hall–Kier alpha value is -0.870. The number of amides is 1. The number of rotatable bonds is 2. The fourth-order valence-corrected chi connectivity index (χ4v) is 1.35. The summed E-state index contributed by atoms with van der Waals surface area (Å²) in [6.07, 6.45) is -0.993. The number of ether oxygens (including phenoxy) is 1. The molecule has 0 N–H and O–H groups in total. The highest BCUT2D eigenvalue weighted by atomic mass is 19.3. The Balaban J connectivity index is 2.30. The number of alkyl halides is 2. The summed E-state index contributed by atoms with van der Waals surface area (Å²) in [5.41, 5.74) is 0. The van der Waals surface area contributed by atoms with Gasteiger partial charge in [0.1, 0.15) is 0 Å². The number of piperidine rings is 1. The van der Waals surface area contributed by atoms with Crippen molar-refractivity contribution in [1.29, 1.82) is 0 Å². The molecular formula is C10H17F2NO2.